The zero-order valence-corrected chi connectivity index (χ0v) is 23.2. The van der Waals surface area contributed by atoms with Crippen molar-refractivity contribution in [2.45, 2.75) is 52.1 Å². The van der Waals surface area contributed by atoms with Gasteiger partial charge in [0.1, 0.15) is 0 Å². The zero-order chi connectivity index (χ0) is 28.1. The average molecular weight is 540 g/mol. The molecular formula is C24H34N3O9P. The predicted molar refractivity (Wildman–Crippen MR) is 140 cm³/mol. The second-order valence-electron chi connectivity index (χ2n) is 8.92. The van der Waals surface area contributed by atoms with E-state index in [0.29, 0.717) is 0 Å². The van der Waals surface area contributed by atoms with E-state index in [0.717, 1.165) is 0 Å². The van der Waals surface area contributed by atoms with Crippen LogP contribution >= 0.6 is 7.29 Å². The standard InChI is InChI=1S/C24H34N3O9P/c1-15(2)25(16(3)4)37(32,13-17-9-21(33-5)23(35-7)11-19(17)26(28)29)14-18-10-22(34-6)24(36-8)12-20(18)27(30)31/h9-12,15-16H,13-14H2,1-8H3. The molecule has 0 aliphatic heterocycles. The first-order chi connectivity index (χ1) is 17.3. The van der Waals surface area contributed by atoms with Gasteiger partial charge in [-0.1, -0.05) is 0 Å². The van der Waals surface area contributed by atoms with Crippen LogP contribution in [0.5, 0.6) is 23.0 Å². The number of hydrogen-bond donors (Lipinski definition) is 0. The molecule has 2 aromatic carbocycles. The molecule has 0 spiro atoms. The van der Waals surface area contributed by atoms with Gasteiger partial charge in [0.05, 0.1) is 50.4 Å². The highest BCUT2D eigenvalue weighted by molar-refractivity contribution is 7.60. The summed E-state index contributed by atoms with van der Waals surface area (Å²) in [5.74, 6) is 0.806. The summed E-state index contributed by atoms with van der Waals surface area (Å²) in [5, 5.41) is 23.9. The van der Waals surface area contributed by atoms with E-state index < -0.39 is 17.1 Å². The van der Waals surface area contributed by atoms with Gasteiger partial charge in [-0.15, -0.1) is 0 Å². The van der Waals surface area contributed by atoms with Gasteiger partial charge in [0, 0.05) is 35.5 Å². The monoisotopic (exact) mass is 539 g/mol. The molecule has 0 fully saturated rings. The normalized spacial score (nSPS) is 11.6. The predicted octanol–water partition coefficient (Wildman–Crippen LogP) is 5.63. The molecule has 0 radical (unpaired) electrons. The Morgan fingerprint density at radius 1 is 0.703 bits per heavy atom. The van der Waals surface area contributed by atoms with Crippen LogP contribution in [-0.2, 0) is 16.9 Å². The Hall–Kier alpha value is -3.37. The third-order valence-corrected chi connectivity index (χ3v) is 9.31. The van der Waals surface area contributed by atoms with Crippen molar-refractivity contribution in [2.24, 2.45) is 0 Å². The molecule has 13 heteroatoms. The number of benzene rings is 2. The molecule has 2 aromatic rings. The third kappa shape index (κ3) is 6.50. The lowest BCUT2D eigenvalue weighted by Gasteiger charge is -2.38. The van der Waals surface area contributed by atoms with Crippen LogP contribution in [0.4, 0.5) is 11.4 Å². The number of rotatable bonds is 13. The quantitative estimate of drug-likeness (QED) is 0.178. The van der Waals surface area contributed by atoms with Crippen LogP contribution in [0, 0.1) is 20.2 Å². The molecule has 37 heavy (non-hydrogen) atoms. The second kappa shape index (κ2) is 12.2. The summed E-state index contributed by atoms with van der Waals surface area (Å²) >= 11 is 0. The van der Waals surface area contributed by atoms with Crippen molar-refractivity contribution >= 4 is 18.7 Å². The van der Waals surface area contributed by atoms with Gasteiger partial charge in [-0.2, -0.15) is 0 Å². The van der Waals surface area contributed by atoms with Crippen molar-refractivity contribution < 1.29 is 33.4 Å². The largest absolute Gasteiger partial charge is 0.493 e. The first kappa shape index (κ1) is 29.9. The first-order valence-electron chi connectivity index (χ1n) is 11.5. The lowest BCUT2D eigenvalue weighted by molar-refractivity contribution is -0.385. The zero-order valence-electron chi connectivity index (χ0n) is 22.3. The lowest BCUT2D eigenvalue weighted by atomic mass is 10.1. The van der Waals surface area contributed by atoms with Gasteiger partial charge in [-0.25, -0.2) is 4.67 Å². The van der Waals surface area contributed by atoms with E-state index in [1.807, 2.05) is 27.7 Å². The van der Waals surface area contributed by atoms with Crippen LogP contribution in [0.2, 0.25) is 0 Å². The molecule has 0 bridgehead atoms. The van der Waals surface area contributed by atoms with Crippen LogP contribution in [0.3, 0.4) is 0 Å². The van der Waals surface area contributed by atoms with E-state index in [2.05, 4.69) is 0 Å². The highest BCUT2D eigenvalue weighted by atomic mass is 31.2. The molecule has 0 atom stereocenters. The maximum absolute atomic E-state index is 14.9. The van der Waals surface area contributed by atoms with Crippen LogP contribution in [0.25, 0.3) is 0 Å². The van der Waals surface area contributed by atoms with E-state index in [4.69, 9.17) is 18.9 Å². The number of nitrogens with zero attached hydrogens (tertiary/aromatic N) is 3. The first-order valence-corrected chi connectivity index (χ1v) is 13.5. The molecule has 0 amide bonds. The van der Waals surface area contributed by atoms with Crippen molar-refractivity contribution in [1.82, 2.24) is 4.67 Å². The van der Waals surface area contributed by atoms with Crippen LogP contribution in [0.15, 0.2) is 24.3 Å². The number of nitro benzene ring substituents is 2. The summed E-state index contributed by atoms with van der Waals surface area (Å²) in [7, 11) is 1.93. The van der Waals surface area contributed by atoms with Gasteiger partial charge in [-0.3, -0.25) is 20.2 Å². The summed E-state index contributed by atoms with van der Waals surface area (Å²) in [6.45, 7) is 7.44. The summed E-state index contributed by atoms with van der Waals surface area (Å²) < 4.78 is 37.8. The third-order valence-electron chi connectivity index (χ3n) is 5.88. The molecular weight excluding hydrogens is 505 g/mol. The Morgan fingerprint density at radius 3 is 1.24 bits per heavy atom. The molecule has 204 valence electrons. The summed E-state index contributed by atoms with van der Waals surface area (Å²) in [5.41, 5.74) is -0.236. The molecule has 12 nitrogen and oxygen atoms in total. The number of hydrogen-bond acceptors (Lipinski definition) is 9. The van der Waals surface area contributed by atoms with Crippen molar-refractivity contribution in [3.63, 3.8) is 0 Å². The Labute approximate surface area is 216 Å². The minimum atomic E-state index is -3.59. The van der Waals surface area contributed by atoms with Crippen molar-refractivity contribution in [1.29, 1.82) is 0 Å². The Balaban J connectivity index is 2.82. The van der Waals surface area contributed by atoms with Crippen LogP contribution in [-0.4, -0.2) is 55.0 Å². The van der Waals surface area contributed by atoms with Crippen LogP contribution < -0.4 is 18.9 Å². The maximum Gasteiger partial charge on any atom is 0.277 e. The Morgan fingerprint density at radius 2 is 1.00 bits per heavy atom. The van der Waals surface area contributed by atoms with Crippen LogP contribution in [0.1, 0.15) is 38.8 Å². The van der Waals surface area contributed by atoms with E-state index in [9.17, 15) is 24.8 Å². The molecule has 0 aliphatic rings. The number of methoxy groups -OCH3 is 4. The lowest BCUT2D eigenvalue weighted by Crippen LogP contribution is -2.35. The average Bonchev–Trinajstić information content (AvgIpc) is 2.82. The summed E-state index contributed by atoms with van der Waals surface area (Å²) in [4.78, 5) is 22.8. The smallest absolute Gasteiger partial charge is 0.277 e. The van der Waals surface area contributed by atoms with Crippen molar-refractivity contribution in [3.05, 3.63) is 55.6 Å². The molecule has 0 aliphatic carbocycles. The van der Waals surface area contributed by atoms with Crippen molar-refractivity contribution in [2.75, 3.05) is 28.4 Å². The van der Waals surface area contributed by atoms with Crippen molar-refractivity contribution in [3.8, 4) is 23.0 Å². The van der Waals surface area contributed by atoms with E-state index in [1.165, 1.54) is 52.7 Å². The fourth-order valence-electron chi connectivity index (χ4n) is 4.60. The van der Waals surface area contributed by atoms with Gasteiger partial charge >= 0.3 is 0 Å². The molecule has 0 saturated carbocycles. The SMILES string of the molecule is COc1cc(CP(=O)(Cc2cc(OC)c(OC)cc2[N+](=O)[O-])N(C(C)C)C(C)C)c([N+](=O)[O-])cc1OC. The minimum Gasteiger partial charge on any atom is -0.493 e. The Kier molecular flexibility index (Phi) is 9.88. The molecule has 0 heterocycles. The van der Waals surface area contributed by atoms with E-state index in [1.54, 1.807) is 4.67 Å². The number of nitro groups is 2. The summed E-state index contributed by atoms with van der Waals surface area (Å²) in [6, 6.07) is 4.86. The van der Waals surface area contributed by atoms with Gasteiger partial charge in [0.15, 0.2) is 30.3 Å². The fourth-order valence-corrected chi connectivity index (χ4v) is 8.30. The fraction of sp³-hybridized carbons (Fsp3) is 0.500. The molecule has 0 aromatic heterocycles. The minimum absolute atomic E-state index is 0.160. The van der Waals surface area contributed by atoms with Gasteiger partial charge < -0.3 is 23.5 Å². The molecule has 2 rings (SSSR count). The highest BCUT2D eigenvalue weighted by Gasteiger charge is 2.39. The van der Waals surface area contributed by atoms with Gasteiger partial charge in [0.25, 0.3) is 11.4 Å². The van der Waals surface area contributed by atoms with Gasteiger partial charge in [-0.05, 0) is 39.8 Å². The second-order valence-corrected chi connectivity index (χ2v) is 11.7. The molecule has 0 N–H and O–H groups in total. The van der Waals surface area contributed by atoms with Gasteiger partial charge in [0.2, 0.25) is 0 Å². The maximum atomic E-state index is 14.9. The highest BCUT2D eigenvalue weighted by Crippen LogP contribution is 2.60. The summed E-state index contributed by atoms with van der Waals surface area (Å²) in [6.07, 6.45) is -0.461. The topological polar surface area (TPSA) is 144 Å². The molecule has 0 unspecified atom stereocenters. The number of ether oxygens (including phenoxy) is 4. The van der Waals surface area contributed by atoms with E-state index >= 15 is 0 Å². The van der Waals surface area contributed by atoms with E-state index in [-0.39, 0.29) is 69.9 Å². The Bertz CT molecular complexity index is 1110. The molecule has 0 saturated heterocycles.